The second-order valence-electron chi connectivity index (χ2n) is 5.78. The van der Waals surface area contributed by atoms with Crippen molar-refractivity contribution in [3.05, 3.63) is 57.0 Å². The van der Waals surface area contributed by atoms with E-state index in [1.54, 1.807) is 19.2 Å². The molecule has 0 atom stereocenters. The van der Waals surface area contributed by atoms with Gasteiger partial charge in [-0.1, -0.05) is 30.4 Å². The van der Waals surface area contributed by atoms with Crippen molar-refractivity contribution >= 4 is 27.9 Å². The van der Waals surface area contributed by atoms with Crippen molar-refractivity contribution in [2.45, 2.75) is 19.9 Å². The average Bonchev–Trinajstić information content (AvgIpc) is 3.10. The number of aromatic nitrogens is 3. The number of nitrogens with zero attached hydrogens (tertiary/aromatic N) is 3. The number of aryl methyl sites for hydroxylation is 1. The Morgan fingerprint density at radius 1 is 1.33 bits per heavy atom. The van der Waals surface area contributed by atoms with Crippen LogP contribution in [-0.2, 0) is 17.7 Å². The van der Waals surface area contributed by atoms with Crippen LogP contribution in [0.25, 0.3) is 4.96 Å². The largest absolute Gasteiger partial charge is 0.383 e. The van der Waals surface area contributed by atoms with Gasteiger partial charge in [0.15, 0.2) is 0 Å². The summed E-state index contributed by atoms with van der Waals surface area (Å²) in [6, 6.07) is 8.67. The van der Waals surface area contributed by atoms with Crippen molar-refractivity contribution in [2.24, 2.45) is 0 Å². The van der Waals surface area contributed by atoms with Crippen molar-refractivity contribution < 1.29 is 9.53 Å². The normalized spacial score (nSPS) is 10.9. The molecule has 0 aliphatic heterocycles. The van der Waals surface area contributed by atoms with Crippen LogP contribution < -0.4 is 16.2 Å². The maximum atomic E-state index is 12.3. The van der Waals surface area contributed by atoms with Crippen molar-refractivity contribution in [2.75, 3.05) is 25.6 Å². The van der Waals surface area contributed by atoms with Crippen LogP contribution in [-0.4, -0.2) is 40.8 Å². The van der Waals surface area contributed by atoms with Gasteiger partial charge >= 0.3 is 0 Å². The highest BCUT2D eigenvalue weighted by molar-refractivity contribution is 7.16. The van der Waals surface area contributed by atoms with Crippen LogP contribution in [0.5, 0.6) is 0 Å². The highest BCUT2D eigenvalue weighted by Crippen LogP contribution is 2.16. The molecule has 0 aliphatic rings. The molecule has 0 saturated carbocycles. The Labute approximate surface area is 160 Å². The highest BCUT2D eigenvalue weighted by atomic mass is 32.1. The molecule has 0 bridgehead atoms. The first-order valence-electron chi connectivity index (χ1n) is 8.61. The zero-order valence-corrected chi connectivity index (χ0v) is 16.0. The number of anilines is 1. The second-order valence-corrected chi connectivity index (χ2v) is 6.82. The molecule has 0 radical (unpaired) electrons. The second kappa shape index (κ2) is 8.74. The first-order chi connectivity index (χ1) is 13.1. The molecule has 1 amide bonds. The van der Waals surface area contributed by atoms with Gasteiger partial charge in [0.2, 0.25) is 4.96 Å². The summed E-state index contributed by atoms with van der Waals surface area (Å²) >= 11 is 1.40. The molecule has 142 valence electrons. The summed E-state index contributed by atoms with van der Waals surface area (Å²) in [6.45, 7) is 3.20. The van der Waals surface area contributed by atoms with E-state index in [-0.39, 0.29) is 11.5 Å². The maximum absolute atomic E-state index is 12.3. The molecule has 3 aromatic rings. The summed E-state index contributed by atoms with van der Waals surface area (Å²) in [5, 5.41) is 11.1. The van der Waals surface area contributed by atoms with E-state index < -0.39 is 0 Å². The van der Waals surface area contributed by atoms with Gasteiger partial charge in [0.25, 0.3) is 11.5 Å². The Morgan fingerprint density at radius 2 is 2.15 bits per heavy atom. The van der Waals surface area contributed by atoms with Gasteiger partial charge in [-0.15, -0.1) is 0 Å². The Kier molecular flexibility index (Phi) is 6.15. The SMILES string of the molecule is CCc1nn2c(=O)cc(CNc3ccccc3C(=O)NCCOC)nc2s1. The van der Waals surface area contributed by atoms with Crippen LogP contribution in [0.2, 0.25) is 0 Å². The van der Waals surface area contributed by atoms with Gasteiger partial charge in [0.05, 0.1) is 24.4 Å². The smallest absolute Gasteiger partial charge is 0.275 e. The van der Waals surface area contributed by atoms with E-state index in [9.17, 15) is 9.59 Å². The fraction of sp³-hybridized carbons (Fsp3) is 0.333. The number of nitrogens with one attached hydrogen (secondary N) is 2. The molecular formula is C18H21N5O3S. The Hall–Kier alpha value is -2.78. The topological polar surface area (TPSA) is 97.6 Å². The van der Waals surface area contributed by atoms with Gasteiger partial charge in [-0.3, -0.25) is 9.59 Å². The Balaban J connectivity index is 1.76. The number of hydrogen-bond acceptors (Lipinski definition) is 7. The molecule has 27 heavy (non-hydrogen) atoms. The molecule has 0 aliphatic carbocycles. The van der Waals surface area contributed by atoms with E-state index in [1.165, 1.54) is 21.9 Å². The van der Waals surface area contributed by atoms with Crippen LogP contribution in [0.15, 0.2) is 35.1 Å². The molecule has 0 spiro atoms. The summed E-state index contributed by atoms with van der Waals surface area (Å²) in [5.41, 5.74) is 1.59. The molecule has 0 unspecified atom stereocenters. The number of rotatable bonds is 8. The zero-order chi connectivity index (χ0) is 19.2. The van der Waals surface area contributed by atoms with E-state index in [0.29, 0.717) is 41.6 Å². The van der Waals surface area contributed by atoms with Gasteiger partial charge < -0.3 is 15.4 Å². The van der Waals surface area contributed by atoms with Crippen LogP contribution in [0, 0.1) is 0 Å². The number of methoxy groups -OCH3 is 1. The van der Waals surface area contributed by atoms with E-state index in [4.69, 9.17) is 4.74 Å². The molecule has 2 aromatic heterocycles. The summed E-state index contributed by atoms with van der Waals surface area (Å²) in [7, 11) is 1.58. The van der Waals surface area contributed by atoms with Gasteiger partial charge in [0.1, 0.15) is 5.01 Å². The van der Waals surface area contributed by atoms with E-state index in [1.807, 2.05) is 19.1 Å². The number of hydrogen-bond donors (Lipinski definition) is 2. The quantitative estimate of drug-likeness (QED) is 0.571. The van der Waals surface area contributed by atoms with Gasteiger partial charge in [-0.25, -0.2) is 4.98 Å². The van der Waals surface area contributed by atoms with Crippen LogP contribution >= 0.6 is 11.3 Å². The minimum atomic E-state index is -0.210. The number of para-hydroxylation sites is 1. The maximum Gasteiger partial charge on any atom is 0.275 e. The van der Waals surface area contributed by atoms with Gasteiger partial charge in [-0.2, -0.15) is 9.61 Å². The van der Waals surface area contributed by atoms with Crippen molar-refractivity contribution in [3.8, 4) is 0 Å². The molecular weight excluding hydrogens is 366 g/mol. The standard InChI is InChI=1S/C18H21N5O3S/c1-3-15-22-23-16(24)10-12(21-18(23)27-15)11-20-14-7-5-4-6-13(14)17(25)19-8-9-26-2/h4-7,10,20H,3,8-9,11H2,1-2H3,(H,19,25). The molecule has 9 heteroatoms. The number of ether oxygens (including phenoxy) is 1. The first-order valence-corrected chi connectivity index (χ1v) is 9.42. The first kappa shape index (κ1) is 19.0. The lowest BCUT2D eigenvalue weighted by atomic mass is 10.1. The van der Waals surface area contributed by atoms with Crippen LogP contribution in [0.4, 0.5) is 5.69 Å². The molecule has 1 aromatic carbocycles. The molecule has 0 fully saturated rings. The van der Waals surface area contributed by atoms with Gasteiger partial charge in [0, 0.05) is 25.4 Å². The summed E-state index contributed by atoms with van der Waals surface area (Å²) in [6.07, 6.45) is 0.757. The fourth-order valence-corrected chi connectivity index (χ4v) is 3.37. The number of amides is 1. The summed E-state index contributed by atoms with van der Waals surface area (Å²) in [4.78, 5) is 29.6. The third-order valence-electron chi connectivity index (χ3n) is 3.87. The molecule has 0 saturated heterocycles. The zero-order valence-electron chi connectivity index (χ0n) is 15.2. The minimum absolute atomic E-state index is 0.186. The van der Waals surface area contributed by atoms with Crippen molar-refractivity contribution in [1.82, 2.24) is 19.9 Å². The summed E-state index contributed by atoms with van der Waals surface area (Å²) in [5.74, 6) is -0.186. The number of benzene rings is 1. The number of carbonyl (C=O) groups is 1. The lowest BCUT2D eigenvalue weighted by Gasteiger charge is -2.12. The molecule has 3 rings (SSSR count). The molecule has 2 heterocycles. The lowest BCUT2D eigenvalue weighted by Crippen LogP contribution is -2.27. The van der Waals surface area contributed by atoms with Crippen LogP contribution in [0.1, 0.15) is 28.0 Å². The molecule has 2 N–H and O–H groups in total. The predicted octanol–water partition coefficient (Wildman–Crippen LogP) is 1.70. The summed E-state index contributed by atoms with van der Waals surface area (Å²) < 4.78 is 6.27. The number of fused-ring (bicyclic) bond motifs is 1. The highest BCUT2D eigenvalue weighted by Gasteiger charge is 2.12. The fourth-order valence-electron chi connectivity index (χ4n) is 2.51. The number of carbonyl (C=O) groups excluding carboxylic acids is 1. The molecule has 8 nitrogen and oxygen atoms in total. The monoisotopic (exact) mass is 387 g/mol. The van der Waals surface area contributed by atoms with Crippen molar-refractivity contribution in [1.29, 1.82) is 0 Å². The lowest BCUT2D eigenvalue weighted by molar-refractivity contribution is 0.0938. The minimum Gasteiger partial charge on any atom is -0.383 e. The van der Waals surface area contributed by atoms with E-state index in [0.717, 1.165) is 11.4 Å². The van der Waals surface area contributed by atoms with Gasteiger partial charge in [-0.05, 0) is 18.6 Å². The third kappa shape index (κ3) is 4.50. The Bertz CT molecular complexity index is 998. The van der Waals surface area contributed by atoms with E-state index >= 15 is 0 Å². The third-order valence-corrected chi connectivity index (χ3v) is 4.92. The predicted molar refractivity (Wildman–Crippen MR) is 104 cm³/mol. The van der Waals surface area contributed by atoms with Crippen molar-refractivity contribution in [3.63, 3.8) is 0 Å². The Morgan fingerprint density at radius 3 is 2.93 bits per heavy atom. The average molecular weight is 387 g/mol. The van der Waals surface area contributed by atoms with Crippen LogP contribution in [0.3, 0.4) is 0 Å². The van der Waals surface area contributed by atoms with E-state index in [2.05, 4.69) is 20.7 Å².